The van der Waals surface area contributed by atoms with Gasteiger partial charge in [0, 0.05) is 30.0 Å². The Morgan fingerprint density at radius 2 is 1.68 bits per heavy atom. The number of ether oxygens (including phenoxy) is 2. The molecule has 0 aliphatic carbocycles. The van der Waals surface area contributed by atoms with Gasteiger partial charge in [0.15, 0.2) is 11.5 Å². The lowest BCUT2D eigenvalue weighted by atomic mass is 9.94. The van der Waals surface area contributed by atoms with Crippen molar-refractivity contribution < 1.29 is 24.2 Å². The van der Waals surface area contributed by atoms with E-state index in [1.807, 2.05) is 56.3 Å². The molecule has 0 bridgehead atoms. The lowest BCUT2D eigenvalue weighted by Gasteiger charge is -2.28. The van der Waals surface area contributed by atoms with Crippen LogP contribution in [0.1, 0.15) is 42.1 Å². The summed E-state index contributed by atoms with van der Waals surface area (Å²) < 4.78 is 10.8. The SMILES string of the molecule is CCN(CC)c1ccc(C2/C(=C(/O)c3ccc4c(c3)OCO4)C(=O)C(=O)N2c2cccc(C)c2C)cc1. The van der Waals surface area contributed by atoms with Gasteiger partial charge in [-0.3, -0.25) is 14.5 Å². The van der Waals surface area contributed by atoms with Gasteiger partial charge in [-0.25, -0.2) is 0 Å². The van der Waals surface area contributed by atoms with E-state index in [0.29, 0.717) is 22.7 Å². The van der Waals surface area contributed by atoms with Crippen LogP contribution < -0.4 is 19.3 Å². The fraction of sp³-hybridized carbons (Fsp3) is 0.267. The molecular weight excluding hydrogens is 468 g/mol. The Labute approximate surface area is 216 Å². The summed E-state index contributed by atoms with van der Waals surface area (Å²) >= 11 is 0. The fourth-order valence-corrected chi connectivity index (χ4v) is 5.05. The Bertz CT molecular complexity index is 1410. The smallest absolute Gasteiger partial charge is 0.300 e. The number of Topliss-reactive ketones (excluding diaryl/α,β-unsaturated/α-hetero) is 1. The molecule has 7 heteroatoms. The third-order valence-corrected chi connectivity index (χ3v) is 7.26. The van der Waals surface area contributed by atoms with Gasteiger partial charge in [-0.2, -0.15) is 0 Å². The number of aliphatic hydroxyl groups excluding tert-OH is 1. The van der Waals surface area contributed by atoms with Crippen molar-refractivity contribution in [2.24, 2.45) is 0 Å². The van der Waals surface area contributed by atoms with E-state index in [2.05, 4.69) is 18.7 Å². The zero-order valence-electron chi connectivity index (χ0n) is 21.4. The minimum Gasteiger partial charge on any atom is -0.507 e. The zero-order chi connectivity index (χ0) is 26.3. The maximum absolute atomic E-state index is 13.5. The maximum Gasteiger partial charge on any atom is 0.300 e. The van der Waals surface area contributed by atoms with Gasteiger partial charge in [0.2, 0.25) is 6.79 Å². The fourth-order valence-electron chi connectivity index (χ4n) is 5.05. The second-order valence-corrected chi connectivity index (χ2v) is 9.22. The molecule has 1 atom stereocenters. The number of benzene rings is 3. The van der Waals surface area contributed by atoms with Crippen LogP contribution in [0.5, 0.6) is 11.5 Å². The predicted molar refractivity (Wildman–Crippen MR) is 143 cm³/mol. The van der Waals surface area contributed by atoms with Crippen LogP contribution in [0.4, 0.5) is 11.4 Å². The number of rotatable bonds is 6. The molecule has 7 nitrogen and oxygen atoms in total. The second kappa shape index (κ2) is 9.65. The Hall–Kier alpha value is -4.26. The number of aryl methyl sites for hydroxylation is 1. The van der Waals surface area contributed by atoms with Crippen LogP contribution in [0.25, 0.3) is 5.76 Å². The quantitative estimate of drug-likeness (QED) is 0.275. The number of ketones is 1. The molecule has 1 saturated heterocycles. The van der Waals surface area contributed by atoms with Crippen molar-refractivity contribution in [1.29, 1.82) is 0 Å². The standard InChI is InChI=1S/C30H30N2O5/c1-5-31(6-2)22-13-10-20(11-14-22)27-26(28(33)21-12-15-24-25(16-21)37-17-36-24)29(34)30(35)32(27)23-9-7-8-18(3)19(23)4/h7-16,27,33H,5-6,17H2,1-4H3/b28-26-. The van der Waals surface area contributed by atoms with Crippen molar-refractivity contribution in [1.82, 2.24) is 0 Å². The number of anilines is 2. The number of hydrogen-bond donors (Lipinski definition) is 1. The molecule has 3 aromatic rings. The molecule has 0 spiro atoms. The highest BCUT2D eigenvalue weighted by Crippen LogP contribution is 2.44. The Morgan fingerprint density at radius 1 is 0.973 bits per heavy atom. The molecule has 1 N–H and O–H groups in total. The summed E-state index contributed by atoms with van der Waals surface area (Å²) in [5, 5.41) is 11.5. The first-order valence-corrected chi connectivity index (χ1v) is 12.5. The van der Waals surface area contributed by atoms with Crippen molar-refractivity contribution in [3.05, 3.63) is 88.5 Å². The number of carbonyl (C=O) groups excluding carboxylic acids is 2. The van der Waals surface area contributed by atoms with Crippen LogP contribution in [0.3, 0.4) is 0 Å². The molecule has 2 aliphatic rings. The highest BCUT2D eigenvalue weighted by Gasteiger charge is 2.47. The van der Waals surface area contributed by atoms with Crippen LogP contribution in [0.15, 0.2) is 66.2 Å². The van der Waals surface area contributed by atoms with E-state index in [1.54, 1.807) is 18.2 Å². The number of hydrogen-bond acceptors (Lipinski definition) is 6. The number of aliphatic hydroxyl groups is 1. The molecule has 3 aromatic carbocycles. The van der Waals surface area contributed by atoms with Gasteiger partial charge in [0.1, 0.15) is 5.76 Å². The summed E-state index contributed by atoms with van der Waals surface area (Å²) in [4.78, 5) is 30.8. The zero-order valence-corrected chi connectivity index (χ0v) is 21.4. The van der Waals surface area contributed by atoms with Crippen LogP contribution in [0, 0.1) is 13.8 Å². The molecule has 1 unspecified atom stereocenters. The molecule has 1 amide bonds. The van der Waals surface area contributed by atoms with Crippen molar-refractivity contribution in [2.75, 3.05) is 29.7 Å². The Morgan fingerprint density at radius 3 is 2.38 bits per heavy atom. The molecule has 1 fully saturated rings. The van der Waals surface area contributed by atoms with Crippen LogP contribution in [-0.4, -0.2) is 36.7 Å². The molecule has 5 rings (SSSR count). The van der Waals surface area contributed by atoms with Crippen molar-refractivity contribution >= 4 is 28.8 Å². The van der Waals surface area contributed by atoms with Crippen LogP contribution in [-0.2, 0) is 9.59 Å². The van der Waals surface area contributed by atoms with E-state index in [9.17, 15) is 14.7 Å². The minimum atomic E-state index is -0.795. The predicted octanol–water partition coefficient (Wildman–Crippen LogP) is 5.50. The normalized spacial score (nSPS) is 17.9. The first kappa shape index (κ1) is 24.4. The summed E-state index contributed by atoms with van der Waals surface area (Å²) in [6.07, 6.45) is 0. The first-order chi connectivity index (χ1) is 17.8. The molecule has 0 aromatic heterocycles. The van der Waals surface area contributed by atoms with Gasteiger partial charge in [0.05, 0.1) is 11.6 Å². The average Bonchev–Trinajstić information content (AvgIpc) is 3.48. The Balaban J connectivity index is 1.69. The van der Waals surface area contributed by atoms with Gasteiger partial charge in [-0.1, -0.05) is 24.3 Å². The number of amides is 1. The highest BCUT2D eigenvalue weighted by molar-refractivity contribution is 6.51. The summed E-state index contributed by atoms with van der Waals surface area (Å²) in [6.45, 7) is 9.91. The minimum absolute atomic E-state index is 0.0420. The van der Waals surface area contributed by atoms with Gasteiger partial charge in [0.25, 0.3) is 11.7 Å². The van der Waals surface area contributed by atoms with Crippen LogP contribution >= 0.6 is 0 Å². The highest BCUT2D eigenvalue weighted by atomic mass is 16.7. The van der Waals surface area contributed by atoms with Gasteiger partial charge in [-0.05, 0) is 80.8 Å². The third-order valence-electron chi connectivity index (χ3n) is 7.26. The Kier molecular flexibility index (Phi) is 6.38. The third kappa shape index (κ3) is 4.10. The van der Waals surface area contributed by atoms with E-state index >= 15 is 0 Å². The van der Waals surface area contributed by atoms with E-state index in [4.69, 9.17) is 9.47 Å². The average molecular weight is 499 g/mol. The summed E-state index contributed by atoms with van der Waals surface area (Å²) in [5.74, 6) is -0.603. The number of nitrogens with zero attached hydrogens (tertiary/aromatic N) is 2. The van der Waals surface area contributed by atoms with Crippen molar-refractivity contribution in [3.8, 4) is 11.5 Å². The molecule has 37 heavy (non-hydrogen) atoms. The molecule has 0 radical (unpaired) electrons. The molecular formula is C30H30N2O5. The van der Waals surface area contributed by atoms with E-state index in [1.165, 1.54) is 4.90 Å². The number of fused-ring (bicyclic) bond motifs is 1. The lowest BCUT2D eigenvalue weighted by Crippen LogP contribution is -2.30. The van der Waals surface area contributed by atoms with E-state index < -0.39 is 17.7 Å². The summed E-state index contributed by atoms with van der Waals surface area (Å²) in [5.41, 5.74) is 4.76. The van der Waals surface area contributed by atoms with Gasteiger partial charge < -0.3 is 19.5 Å². The van der Waals surface area contributed by atoms with Crippen LogP contribution in [0.2, 0.25) is 0 Å². The van der Waals surface area contributed by atoms with Gasteiger partial charge in [-0.15, -0.1) is 0 Å². The lowest BCUT2D eigenvalue weighted by molar-refractivity contribution is -0.132. The van der Waals surface area contributed by atoms with E-state index in [-0.39, 0.29) is 18.1 Å². The number of carbonyl (C=O) groups is 2. The molecule has 190 valence electrons. The summed E-state index contributed by atoms with van der Waals surface area (Å²) in [6, 6.07) is 17.7. The molecule has 2 heterocycles. The monoisotopic (exact) mass is 498 g/mol. The van der Waals surface area contributed by atoms with Crippen molar-refractivity contribution in [3.63, 3.8) is 0 Å². The van der Waals surface area contributed by atoms with E-state index in [0.717, 1.165) is 35.5 Å². The topological polar surface area (TPSA) is 79.3 Å². The second-order valence-electron chi connectivity index (χ2n) is 9.22. The molecule has 0 saturated carbocycles. The maximum atomic E-state index is 13.5. The van der Waals surface area contributed by atoms with Gasteiger partial charge >= 0.3 is 0 Å². The molecule has 2 aliphatic heterocycles. The van der Waals surface area contributed by atoms with Crippen molar-refractivity contribution in [2.45, 2.75) is 33.7 Å². The largest absolute Gasteiger partial charge is 0.507 e. The summed E-state index contributed by atoms with van der Waals surface area (Å²) in [7, 11) is 0. The first-order valence-electron chi connectivity index (χ1n) is 12.5.